The predicted octanol–water partition coefficient (Wildman–Crippen LogP) is 4.14. The SMILES string of the molecule is CCc1nc(-c2cc(Br)ccc2OC)cs1. The molecule has 0 saturated heterocycles. The topological polar surface area (TPSA) is 22.1 Å². The second-order valence-corrected chi connectivity index (χ2v) is 5.18. The normalized spacial score (nSPS) is 10.4. The van der Waals surface area contributed by atoms with Crippen molar-refractivity contribution in [1.29, 1.82) is 0 Å². The number of hydrogen-bond acceptors (Lipinski definition) is 3. The minimum Gasteiger partial charge on any atom is -0.496 e. The van der Waals surface area contributed by atoms with Crippen molar-refractivity contribution >= 4 is 27.3 Å². The van der Waals surface area contributed by atoms with Crippen LogP contribution in [0.3, 0.4) is 0 Å². The zero-order chi connectivity index (χ0) is 11.5. The van der Waals surface area contributed by atoms with E-state index >= 15 is 0 Å². The smallest absolute Gasteiger partial charge is 0.128 e. The number of nitrogens with zero attached hydrogens (tertiary/aromatic N) is 1. The Kier molecular flexibility index (Phi) is 3.61. The summed E-state index contributed by atoms with van der Waals surface area (Å²) in [6, 6.07) is 5.95. The summed E-state index contributed by atoms with van der Waals surface area (Å²) in [4.78, 5) is 4.57. The summed E-state index contributed by atoms with van der Waals surface area (Å²) in [6.45, 7) is 2.11. The summed E-state index contributed by atoms with van der Waals surface area (Å²) in [5.41, 5.74) is 2.02. The van der Waals surface area contributed by atoms with E-state index < -0.39 is 0 Å². The molecule has 1 heterocycles. The molecule has 4 heteroatoms. The number of aryl methyl sites for hydroxylation is 1. The van der Waals surface area contributed by atoms with E-state index in [-0.39, 0.29) is 0 Å². The van der Waals surface area contributed by atoms with E-state index in [1.54, 1.807) is 18.4 Å². The maximum atomic E-state index is 5.34. The fraction of sp³-hybridized carbons (Fsp3) is 0.250. The van der Waals surface area contributed by atoms with E-state index in [0.717, 1.165) is 32.9 Å². The van der Waals surface area contributed by atoms with E-state index in [1.165, 1.54) is 0 Å². The molecule has 2 rings (SSSR count). The highest BCUT2D eigenvalue weighted by molar-refractivity contribution is 9.10. The van der Waals surface area contributed by atoms with E-state index in [1.807, 2.05) is 18.2 Å². The Morgan fingerprint density at radius 3 is 2.88 bits per heavy atom. The summed E-state index contributed by atoms with van der Waals surface area (Å²) in [5, 5.41) is 3.22. The predicted molar refractivity (Wildman–Crippen MR) is 71.2 cm³/mol. The standard InChI is InChI=1S/C12H12BrNOS/c1-3-12-14-10(7-16-12)9-6-8(13)4-5-11(9)15-2/h4-7H,3H2,1-2H3. The summed E-state index contributed by atoms with van der Waals surface area (Å²) < 4.78 is 6.38. The molecular weight excluding hydrogens is 286 g/mol. The molecule has 0 unspecified atom stereocenters. The fourth-order valence-corrected chi connectivity index (χ4v) is 2.58. The Labute approximate surface area is 107 Å². The molecular formula is C12H12BrNOS. The average Bonchev–Trinajstić information content (AvgIpc) is 2.77. The zero-order valence-corrected chi connectivity index (χ0v) is 11.6. The summed E-state index contributed by atoms with van der Waals surface area (Å²) in [7, 11) is 1.68. The molecule has 0 aliphatic heterocycles. The second-order valence-electron chi connectivity index (χ2n) is 3.32. The van der Waals surface area contributed by atoms with Crippen molar-refractivity contribution in [3.63, 3.8) is 0 Å². The zero-order valence-electron chi connectivity index (χ0n) is 9.16. The second kappa shape index (κ2) is 4.97. The Bertz CT molecular complexity index is 496. The lowest BCUT2D eigenvalue weighted by Gasteiger charge is -2.06. The van der Waals surface area contributed by atoms with Crippen molar-refractivity contribution < 1.29 is 4.74 Å². The lowest BCUT2D eigenvalue weighted by atomic mass is 10.1. The van der Waals surface area contributed by atoms with Gasteiger partial charge in [0.05, 0.1) is 17.8 Å². The van der Waals surface area contributed by atoms with Crippen molar-refractivity contribution in [3.05, 3.63) is 33.1 Å². The number of aromatic nitrogens is 1. The van der Waals surface area contributed by atoms with Gasteiger partial charge < -0.3 is 4.74 Å². The molecule has 1 aromatic heterocycles. The molecule has 0 fully saturated rings. The van der Waals surface area contributed by atoms with Gasteiger partial charge in [0.2, 0.25) is 0 Å². The molecule has 0 aliphatic carbocycles. The van der Waals surface area contributed by atoms with Crippen LogP contribution in [0.15, 0.2) is 28.1 Å². The largest absolute Gasteiger partial charge is 0.496 e. The van der Waals surface area contributed by atoms with Crippen LogP contribution in [0.1, 0.15) is 11.9 Å². The Hall–Kier alpha value is -0.870. The van der Waals surface area contributed by atoms with Gasteiger partial charge in [0.1, 0.15) is 5.75 Å². The number of thiazole rings is 1. The van der Waals surface area contributed by atoms with Crippen molar-refractivity contribution in [1.82, 2.24) is 4.98 Å². The molecule has 2 aromatic rings. The lowest BCUT2D eigenvalue weighted by Crippen LogP contribution is -1.88. The van der Waals surface area contributed by atoms with Crippen LogP contribution in [0, 0.1) is 0 Å². The van der Waals surface area contributed by atoms with Gasteiger partial charge in [-0.1, -0.05) is 22.9 Å². The van der Waals surface area contributed by atoms with Crippen LogP contribution in [0.4, 0.5) is 0 Å². The van der Waals surface area contributed by atoms with Crippen molar-refractivity contribution in [2.45, 2.75) is 13.3 Å². The van der Waals surface area contributed by atoms with E-state index in [0.29, 0.717) is 0 Å². The van der Waals surface area contributed by atoms with Crippen molar-refractivity contribution in [2.24, 2.45) is 0 Å². The fourth-order valence-electron chi connectivity index (χ4n) is 1.48. The molecule has 0 amide bonds. The Morgan fingerprint density at radius 2 is 2.25 bits per heavy atom. The molecule has 0 bridgehead atoms. The molecule has 0 spiro atoms. The van der Waals surface area contributed by atoms with E-state index in [4.69, 9.17) is 4.74 Å². The van der Waals surface area contributed by atoms with Crippen LogP contribution < -0.4 is 4.74 Å². The van der Waals surface area contributed by atoms with Gasteiger partial charge >= 0.3 is 0 Å². The van der Waals surface area contributed by atoms with Gasteiger partial charge in [0.25, 0.3) is 0 Å². The van der Waals surface area contributed by atoms with E-state index in [2.05, 4.69) is 33.2 Å². The Balaban J connectivity index is 2.49. The number of rotatable bonds is 3. The first-order valence-corrected chi connectivity index (χ1v) is 6.70. The highest BCUT2D eigenvalue weighted by Crippen LogP contribution is 2.33. The summed E-state index contributed by atoms with van der Waals surface area (Å²) >= 11 is 5.15. The van der Waals surface area contributed by atoms with Crippen molar-refractivity contribution in [2.75, 3.05) is 7.11 Å². The van der Waals surface area contributed by atoms with Crippen LogP contribution in [0.25, 0.3) is 11.3 Å². The Morgan fingerprint density at radius 1 is 1.44 bits per heavy atom. The number of ether oxygens (including phenoxy) is 1. The van der Waals surface area contributed by atoms with Crippen LogP contribution in [-0.2, 0) is 6.42 Å². The molecule has 0 N–H and O–H groups in total. The minimum atomic E-state index is 0.858. The van der Waals surface area contributed by atoms with Crippen LogP contribution >= 0.6 is 27.3 Å². The molecule has 0 saturated carbocycles. The van der Waals surface area contributed by atoms with Gasteiger partial charge in [0.15, 0.2) is 0 Å². The third kappa shape index (κ3) is 2.28. The minimum absolute atomic E-state index is 0.858. The van der Waals surface area contributed by atoms with Gasteiger partial charge in [-0.3, -0.25) is 0 Å². The molecule has 0 atom stereocenters. The number of methoxy groups -OCH3 is 1. The van der Waals surface area contributed by atoms with Gasteiger partial charge in [-0.05, 0) is 24.6 Å². The summed E-state index contributed by atoms with van der Waals surface area (Å²) in [6.07, 6.45) is 0.973. The molecule has 0 aliphatic rings. The molecule has 1 aromatic carbocycles. The number of halogens is 1. The first-order valence-electron chi connectivity index (χ1n) is 5.03. The first-order chi connectivity index (χ1) is 7.74. The van der Waals surface area contributed by atoms with Crippen LogP contribution in [-0.4, -0.2) is 12.1 Å². The van der Waals surface area contributed by atoms with Crippen molar-refractivity contribution in [3.8, 4) is 17.0 Å². The summed E-state index contributed by atoms with van der Waals surface area (Å²) in [5.74, 6) is 0.858. The highest BCUT2D eigenvalue weighted by Gasteiger charge is 2.09. The first kappa shape index (κ1) is 11.6. The lowest BCUT2D eigenvalue weighted by molar-refractivity contribution is 0.416. The number of hydrogen-bond donors (Lipinski definition) is 0. The van der Waals surface area contributed by atoms with Gasteiger partial charge in [-0.2, -0.15) is 0 Å². The highest BCUT2D eigenvalue weighted by atomic mass is 79.9. The quantitative estimate of drug-likeness (QED) is 0.849. The van der Waals surface area contributed by atoms with Gasteiger partial charge in [-0.25, -0.2) is 4.98 Å². The van der Waals surface area contributed by atoms with Crippen LogP contribution in [0.5, 0.6) is 5.75 Å². The third-order valence-electron chi connectivity index (χ3n) is 2.29. The molecule has 0 radical (unpaired) electrons. The monoisotopic (exact) mass is 297 g/mol. The molecule has 16 heavy (non-hydrogen) atoms. The van der Waals surface area contributed by atoms with E-state index in [9.17, 15) is 0 Å². The number of benzene rings is 1. The maximum Gasteiger partial charge on any atom is 0.128 e. The van der Waals surface area contributed by atoms with Gasteiger partial charge in [0, 0.05) is 15.4 Å². The molecule has 84 valence electrons. The average molecular weight is 298 g/mol. The third-order valence-corrected chi connectivity index (χ3v) is 3.78. The van der Waals surface area contributed by atoms with Gasteiger partial charge in [-0.15, -0.1) is 11.3 Å². The maximum absolute atomic E-state index is 5.34. The molecule has 2 nitrogen and oxygen atoms in total. The van der Waals surface area contributed by atoms with Crippen LogP contribution in [0.2, 0.25) is 0 Å².